The summed E-state index contributed by atoms with van der Waals surface area (Å²) in [6.07, 6.45) is 0.413. The number of hydrogen-bond acceptors (Lipinski definition) is 6. The van der Waals surface area contributed by atoms with Crippen LogP contribution < -0.4 is 5.32 Å². The zero-order valence-electron chi connectivity index (χ0n) is 11.4. The third kappa shape index (κ3) is 3.87. The molecular formula is C13H14N2O4S2. The second-order valence-electron chi connectivity index (χ2n) is 4.50. The Kier molecular flexibility index (Phi) is 4.40. The molecule has 1 aromatic heterocycles. The fourth-order valence-corrected chi connectivity index (χ4v) is 2.98. The Hall–Kier alpha value is -1.77. The first-order valence-electron chi connectivity index (χ1n) is 6.02. The van der Waals surface area contributed by atoms with Crippen molar-refractivity contribution in [2.75, 3.05) is 11.6 Å². The predicted molar refractivity (Wildman–Crippen MR) is 80.3 cm³/mol. The van der Waals surface area contributed by atoms with E-state index in [0.717, 1.165) is 6.26 Å². The van der Waals surface area contributed by atoms with Gasteiger partial charge in [-0.2, -0.15) is 0 Å². The first-order chi connectivity index (χ1) is 9.77. The maximum atomic E-state index is 12.0. The van der Waals surface area contributed by atoms with Crippen LogP contribution in [0.1, 0.15) is 29.1 Å². The van der Waals surface area contributed by atoms with Crippen molar-refractivity contribution >= 4 is 32.2 Å². The molecule has 1 unspecified atom stereocenters. The first kappa shape index (κ1) is 15.6. The summed E-state index contributed by atoms with van der Waals surface area (Å²) in [5.74, 6) is -0.387. The van der Waals surface area contributed by atoms with Crippen LogP contribution >= 0.6 is 11.3 Å². The Morgan fingerprint density at radius 2 is 1.95 bits per heavy atom. The van der Waals surface area contributed by atoms with E-state index in [0.29, 0.717) is 16.4 Å². The molecule has 1 atom stereocenters. The number of nitrogens with one attached hydrogen (secondary N) is 1. The van der Waals surface area contributed by atoms with E-state index in [1.54, 1.807) is 12.3 Å². The van der Waals surface area contributed by atoms with Crippen molar-refractivity contribution in [1.82, 2.24) is 4.98 Å². The lowest BCUT2D eigenvalue weighted by Crippen LogP contribution is -2.12. The lowest BCUT2D eigenvalue weighted by atomic mass is 10.2. The summed E-state index contributed by atoms with van der Waals surface area (Å²) in [4.78, 5) is 16.2. The number of aliphatic hydroxyl groups excluding tert-OH is 1. The van der Waals surface area contributed by atoms with Gasteiger partial charge in [0.25, 0.3) is 5.91 Å². The van der Waals surface area contributed by atoms with Crippen LogP contribution in [0.25, 0.3) is 0 Å². The monoisotopic (exact) mass is 326 g/mol. The van der Waals surface area contributed by atoms with Crippen molar-refractivity contribution in [3.63, 3.8) is 0 Å². The standard InChI is InChI=1S/C13H14N2O4S2/c1-8(16)11-7-20-13(14-11)15-12(17)9-3-5-10(6-4-9)21(2,18)19/h3-8,16H,1-2H3,(H,14,15,17). The molecule has 2 rings (SSSR count). The maximum absolute atomic E-state index is 12.0. The van der Waals surface area contributed by atoms with Crippen molar-refractivity contribution in [3.8, 4) is 0 Å². The van der Waals surface area contributed by atoms with Gasteiger partial charge in [-0.1, -0.05) is 0 Å². The lowest BCUT2D eigenvalue weighted by Gasteiger charge is -2.03. The lowest BCUT2D eigenvalue weighted by molar-refractivity contribution is 0.102. The van der Waals surface area contributed by atoms with E-state index < -0.39 is 15.9 Å². The van der Waals surface area contributed by atoms with Gasteiger partial charge >= 0.3 is 0 Å². The smallest absolute Gasteiger partial charge is 0.257 e. The van der Waals surface area contributed by atoms with Crippen molar-refractivity contribution in [2.24, 2.45) is 0 Å². The van der Waals surface area contributed by atoms with Crippen LogP contribution in [-0.2, 0) is 9.84 Å². The third-order valence-electron chi connectivity index (χ3n) is 2.72. The Bertz CT molecular complexity index is 749. The highest BCUT2D eigenvalue weighted by atomic mass is 32.2. The third-order valence-corrected chi connectivity index (χ3v) is 4.62. The molecule has 0 saturated carbocycles. The summed E-state index contributed by atoms with van der Waals surface area (Å²) < 4.78 is 22.7. The molecule has 2 N–H and O–H groups in total. The van der Waals surface area contributed by atoms with Crippen LogP contribution in [0.4, 0.5) is 5.13 Å². The molecule has 0 aliphatic rings. The number of aliphatic hydroxyl groups is 1. The van der Waals surface area contributed by atoms with Gasteiger partial charge in [-0.25, -0.2) is 13.4 Å². The fraction of sp³-hybridized carbons (Fsp3) is 0.231. The highest BCUT2D eigenvalue weighted by Gasteiger charge is 2.12. The summed E-state index contributed by atoms with van der Waals surface area (Å²) in [6.45, 7) is 1.59. The Morgan fingerprint density at radius 3 is 2.43 bits per heavy atom. The molecule has 0 aliphatic heterocycles. The van der Waals surface area contributed by atoms with Crippen LogP contribution in [0, 0.1) is 0 Å². The number of rotatable bonds is 4. The zero-order chi connectivity index (χ0) is 15.6. The molecule has 1 amide bonds. The summed E-state index contributed by atoms with van der Waals surface area (Å²) in [6, 6.07) is 5.64. The second kappa shape index (κ2) is 5.92. The summed E-state index contributed by atoms with van der Waals surface area (Å²) in [7, 11) is -3.28. The van der Waals surface area contributed by atoms with Crippen molar-refractivity contribution in [1.29, 1.82) is 0 Å². The van der Waals surface area contributed by atoms with E-state index in [4.69, 9.17) is 0 Å². The van der Waals surface area contributed by atoms with E-state index in [9.17, 15) is 18.3 Å². The van der Waals surface area contributed by atoms with Gasteiger partial charge in [-0.3, -0.25) is 10.1 Å². The molecule has 8 heteroatoms. The second-order valence-corrected chi connectivity index (χ2v) is 7.38. The van der Waals surface area contributed by atoms with Gasteiger partial charge in [0.15, 0.2) is 15.0 Å². The van der Waals surface area contributed by atoms with E-state index >= 15 is 0 Å². The van der Waals surface area contributed by atoms with Gasteiger partial charge in [0.2, 0.25) is 0 Å². The van der Waals surface area contributed by atoms with Gasteiger partial charge in [-0.15, -0.1) is 11.3 Å². The Labute approximate surface area is 126 Å². The van der Waals surface area contributed by atoms with E-state index in [2.05, 4.69) is 10.3 Å². The molecule has 112 valence electrons. The van der Waals surface area contributed by atoms with E-state index in [1.165, 1.54) is 35.6 Å². The number of benzene rings is 1. The van der Waals surface area contributed by atoms with E-state index in [-0.39, 0.29) is 10.8 Å². The molecule has 0 spiro atoms. The molecule has 0 fully saturated rings. The quantitative estimate of drug-likeness (QED) is 0.894. The summed E-state index contributed by atoms with van der Waals surface area (Å²) >= 11 is 1.21. The van der Waals surface area contributed by atoms with Crippen LogP contribution in [0.15, 0.2) is 34.5 Å². The molecule has 6 nitrogen and oxygen atoms in total. The molecule has 1 heterocycles. The zero-order valence-corrected chi connectivity index (χ0v) is 13.0. The number of nitrogens with zero attached hydrogens (tertiary/aromatic N) is 1. The number of hydrogen-bond donors (Lipinski definition) is 2. The molecular weight excluding hydrogens is 312 g/mol. The number of aromatic nitrogens is 1. The largest absolute Gasteiger partial charge is 0.387 e. The van der Waals surface area contributed by atoms with E-state index in [1.807, 2.05) is 0 Å². The van der Waals surface area contributed by atoms with Crippen molar-refractivity contribution in [3.05, 3.63) is 40.9 Å². The summed E-state index contributed by atoms with van der Waals surface area (Å²) in [5.41, 5.74) is 0.818. The maximum Gasteiger partial charge on any atom is 0.257 e. The van der Waals surface area contributed by atoms with Crippen molar-refractivity contribution in [2.45, 2.75) is 17.9 Å². The van der Waals surface area contributed by atoms with Gasteiger partial charge in [0.05, 0.1) is 16.7 Å². The first-order valence-corrected chi connectivity index (χ1v) is 8.79. The van der Waals surface area contributed by atoms with Crippen LogP contribution in [0.2, 0.25) is 0 Å². The molecule has 0 bridgehead atoms. The van der Waals surface area contributed by atoms with Gasteiger partial charge in [-0.05, 0) is 31.2 Å². The van der Waals surface area contributed by atoms with Crippen LogP contribution in [0.5, 0.6) is 0 Å². The highest BCUT2D eigenvalue weighted by molar-refractivity contribution is 7.90. The molecule has 0 radical (unpaired) electrons. The Morgan fingerprint density at radius 1 is 1.33 bits per heavy atom. The van der Waals surface area contributed by atoms with Crippen LogP contribution in [-0.4, -0.2) is 30.7 Å². The minimum atomic E-state index is -3.28. The number of sulfone groups is 1. The number of thiazole rings is 1. The summed E-state index contributed by atoms with van der Waals surface area (Å²) in [5, 5.41) is 14.0. The molecule has 21 heavy (non-hydrogen) atoms. The topological polar surface area (TPSA) is 96.4 Å². The number of amides is 1. The van der Waals surface area contributed by atoms with Crippen LogP contribution in [0.3, 0.4) is 0 Å². The fourth-order valence-electron chi connectivity index (χ4n) is 1.56. The van der Waals surface area contributed by atoms with Crippen molar-refractivity contribution < 1.29 is 18.3 Å². The number of anilines is 1. The molecule has 0 saturated heterocycles. The van der Waals surface area contributed by atoms with Gasteiger partial charge in [0, 0.05) is 17.2 Å². The Balaban J connectivity index is 2.13. The SMILES string of the molecule is CC(O)c1csc(NC(=O)c2ccc(S(C)(=O)=O)cc2)n1. The average molecular weight is 326 g/mol. The minimum Gasteiger partial charge on any atom is -0.387 e. The molecule has 2 aromatic rings. The minimum absolute atomic E-state index is 0.157. The number of carbonyl (C=O) groups is 1. The highest BCUT2D eigenvalue weighted by Crippen LogP contribution is 2.21. The normalized spacial score (nSPS) is 12.9. The average Bonchev–Trinajstić information content (AvgIpc) is 2.86. The predicted octanol–water partition coefficient (Wildman–Crippen LogP) is 1.85. The van der Waals surface area contributed by atoms with Gasteiger partial charge in [0.1, 0.15) is 0 Å². The van der Waals surface area contributed by atoms with Gasteiger partial charge < -0.3 is 5.11 Å². The molecule has 1 aromatic carbocycles. The number of carbonyl (C=O) groups excluding carboxylic acids is 1. The molecule has 0 aliphatic carbocycles.